The molecule has 1 N–H and O–H groups in total. The third-order valence-electron chi connectivity index (χ3n) is 3.63. The fourth-order valence-corrected chi connectivity index (χ4v) is 2.63. The Morgan fingerprint density at radius 1 is 1.43 bits per heavy atom. The number of hydrogen-bond donors (Lipinski definition) is 1. The number of halogens is 1. The minimum atomic E-state index is -1.10. The highest BCUT2D eigenvalue weighted by atomic mass is 35.5. The molecule has 1 unspecified atom stereocenters. The van der Waals surface area contributed by atoms with Gasteiger partial charge in [-0.2, -0.15) is 0 Å². The lowest BCUT2D eigenvalue weighted by atomic mass is 10.0. The third kappa shape index (κ3) is 3.05. The van der Waals surface area contributed by atoms with Gasteiger partial charge < -0.3 is 14.7 Å². The van der Waals surface area contributed by atoms with Gasteiger partial charge in [0.05, 0.1) is 0 Å². The van der Waals surface area contributed by atoms with Crippen molar-refractivity contribution in [3.05, 3.63) is 34.9 Å². The van der Waals surface area contributed by atoms with Gasteiger partial charge in [-0.1, -0.05) is 23.7 Å². The van der Waals surface area contributed by atoms with E-state index in [2.05, 4.69) is 9.98 Å². The Morgan fingerprint density at radius 3 is 2.78 bits per heavy atom. The normalized spacial score (nSPS) is 23.6. The maximum atomic E-state index is 12.4. The lowest BCUT2D eigenvalue weighted by Crippen LogP contribution is -2.50. The molecule has 0 aromatic heterocycles. The number of carboxylic acid groups (broad SMARTS) is 1. The molecule has 0 bridgehead atoms. The molecule has 23 heavy (non-hydrogen) atoms. The highest BCUT2D eigenvalue weighted by Gasteiger charge is 2.38. The molecule has 1 amide bonds. The monoisotopic (exact) mass is 335 g/mol. The largest absolute Gasteiger partial charge is 0.480 e. The topological polar surface area (TPSA) is 91.6 Å². The molecule has 0 spiro atoms. The number of ether oxygens (including phenoxy) is 1. The molecule has 1 aromatic carbocycles. The van der Waals surface area contributed by atoms with E-state index in [-0.39, 0.29) is 30.4 Å². The van der Waals surface area contributed by atoms with E-state index in [1.54, 1.807) is 12.1 Å². The van der Waals surface area contributed by atoms with Gasteiger partial charge >= 0.3 is 5.97 Å². The van der Waals surface area contributed by atoms with Crippen LogP contribution in [0.2, 0.25) is 5.02 Å². The molecule has 2 heterocycles. The summed E-state index contributed by atoms with van der Waals surface area (Å²) in [7, 11) is 0. The first-order valence-corrected chi connectivity index (χ1v) is 7.39. The van der Waals surface area contributed by atoms with E-state index in [9.17, 15) is 9.59 Å². The summed E-state index contributed by atoms with van der Waals surface area (Å²) in [4.78, 5) is 32.9. The quantitative estimate of drug-likeness (QED) is 0.906. The van der Waals surface area contributed by atoms with Gasteiger partial charge in [0.15, 0.2) is 5.71 Å². The van der Waals surface area contributed by atoms with Crippen LogP contribution in [0.1, 0.15) is 18.5 Å². The zero-order valence-corrected chi connectivity index (χ0v) is 13.0. The molecular weight excluding hydrogens is 322 g/mol. The van der Waals surface area contributed by atoms with E-state index in [1.807, 2.05) is 19.1 Å². The Bertz CT molecular complexity index is 714. The van der Waals surface area contributed by atoms with Gasteiger partial charge in [-0.15, -0.1) is 0 Å². The van der Waals surface area contributed by atoms with E-state index in [0.717, 1.165) is 10.5 Å². The van der Waals surface area contributed by atoms with Crippen molar-refractivity contribution in [2.24, 2.45) is 9.98 Å². The standard InChI is InChI=1S/C15H14ClN3O4/c1-8-12(9-2-4-10(16)5-3-9)18-13-14(23-8)17-7-19(15(13)22)6-11(20)21/h2-5,8,12H,6-7H2,1H3,(H,20,21)/t8?,12-/m0/s1. The summed E-state index contributed by atoms with van der Waals surface area (Å²) in [6.45, 7) is 1.38. The fraction of sp³-hybridized carbons (Fsp3) is 0.333. The van der Waals surface area contributed by atoms with Crippen molar-refractivity contribution in [1.29, 1.82) is 0 Å². The van der Waals surface area contributed by atoms with E-state index in [0.29, 0.717) is 5.02 Å². The first-order chi connectivity index (χ1) is 11.0. The average molecular weight is 336 g/mol. The van der Waals surface area contributed by atoms with Crippen molar-refractivity contribution in [2.75, 3.05) is 13.2 Å². The van der Waals surface area contributed by atoms with Crippen LogP contribution in [0, 0.1) is 0 Å². The van der Waals surface area contributed by atoms with E-state index >= 15 is 0 Å². The molecule has 1 aromatic rings. The van der Waals surface area contributed by atoms with E-state index in [1.165, 1.54) is 0 Å². The second-order valence-electron chi connectivity index (χ2n) is 5.30. The molecule has 0 saturated carbocycles. The van der Waals surface area contributed by atoms with Crippen LogP contribution >= 0.6 is 11.6 Å². The van der Waals surface area contributed by atoms with Gasteiger partial charge in [-0.05, 0) is 24.6 Å². The zero-order valence-electron chi connectivity index (χ0n) is 12.3. The Kier molecular flexibility index (Phi) is 4.04. The van der Waals surface area contributed by atoms with E-state index < -0.39 is 18.4 Å². The number of aliphatic imine (C=N–C) groups is 2. The van der Waals surface area contributed by atoms with Crippen LogP contribution in [0.5, 0.6) is 0 Å². The number of fused-ring (bicyclic) bond motifs is 1. The molecule has 120 valence electrons. The predicted molar refractivity (Wildman–Crippen MR) is 83.8 cm³/mol. The molecule has 8 heteroatoms. The first kappa shape index (κ1) is 15.5. The minimum Gasteiger partial charge on any atom is -0.480 e. The van der Waals surface area contributed by atoms with Crippen molar-refractivity contribution >= 4 is 35.1 Å². The van der Waals surface area contributed by atoms with Crippen molar-refractivity contribution in [2.45, 2.75) is 19.1 Å². The van der Waals surface area contributed by atoms with Gasteiger partial charge in [0, 0.05) is 5.02 Å². The molecule has 7 nitrogen and oxygen atoms in total. The summed E-state index contributed by atoms with van der Waals surface area (Å²) in [6.07, 6.45) is -0.294. The summed E-state index contributed by atoms with van der Waals surface area (Å²) >= 11 is 5.89. The van der Waals surface area contributed by atoms with Crippen LogP contribution in [0.15, 0.2) is 34.3 Å². The summed E-state index contributed by atoms with van der Waals surface area (Å²) in [6, 6.07) is 6.75. The van der Waals surface area contributed by atoms with E-state index in [4.69, 9.17) is 21.4 Å². The van der Waals surface area contributed by atoms with Crippen LogP contribution in [-0.4, -0.2) is 52.8 Å². The summed E-state index contributed by atoms with van der Waals surface area (Å²) in [5.41, 5.74) is 0.923. The molecule has 2 atom stereocenters. The minimum absolute atomic E-state index is 0.0438. The van der Waals surface area contributed by atoms with Gasteiger partial charge in [0.25, 0.3) is 5.91 Å². The molecule has 2 aliphatic heterocycles. The predicted octanol–water partition coefficient (Wildman–Crippen LogP) is 1.52. The number of carboxylic acids is 1. The Hall–Kier alpha value is -2.41. The molecule has 0 aliphatic carbocycles. The van der Waals surface area contributed by atoms with Gasteiger partial charge in [0.1, 0.15) is 25.4 Å². The van der Waals surface area contributed by atoms with Crippen LogP contribution in [0.3, 0.4) is 0 Å². The van der Waals surface area contributed by atoms with Crippen LogP contribution in [0.4, 0.5) is 0 Å². The maximum Gasteiger partial charge on any atom is 0.323 e. The number of carbonyl (C=O) groups excluding carboxylic acids is 1. The van der Waals surface area contributed by atoms with Crippen LogP contribution < -0.4 is 0 Å². The third-order valence-corrected chi connectivity index (χ3v) is 3.88. The summed E-state index contributed by atoms with van der Waals surface area (Å²) in [5, 5.41) is 9.46. The van der Waals surface area contributed by atoms with Gasteiger partial charge in [-0.25, -0.2) is 4.99 Å². The van der Waals surface area contributed by atoms with Crippen LogP contribution in [0.25, 0.3) is 0 Å². The van der Waals surface area contributed by atoms with Crippen molar-refractivity contribution < 1.29 is 19.4 Å². The molecule has 0 radical (unpaired) electrons. The lowest BCUT2D eigenvalue weighted by molar-refractivity contribution is -0.142. The summed E-state index contributed by atoms with van der Waals surface area (Å²) < 4.78 is 5.70. The number of hydrogen-bond acceptors (Lipinski definition) is 5. The second kappa shape index (κ2) is 6.00. The molecule has 3 rings (SSSR count). The molecule has 2 aliphatic rings. The molecular formula is C15H14ClN3O4. The van der Waals surface area contributed by atoms with Crippen molar-refractivity contribution in [1.82, 2.24) is 4.90 Å². The molecule has 0 saturated heterocycles. The number of benzene rings is 1. The molecule has 0 fully saturated rings. The first-order valence-electron chi connectivity index (χ1n) is 7.01. The number of nitrogens with zero attached hydrogens (tertiary/aromatic N) is 3. The Morgan fingerprint density at radius 2 is 2.13 bits per heavy atom. The van der Waals surface area contributed by atoms with Crippen molar-refractivity contribution in [3.8, 4) is 0 Å². The SMILES string of the molecule is CC1OC2=NCN(CC(=O)O)C(=O)C2=N[C@@H]1c1ccc(Cl)cc1. The number of carbonyl (C=O) groups is 2. The maximum absolute atomic E-state index is 12.4. The number of amides is 1. The number of aliphatic carboxylic acids is 1. The number of rotatable bonds is 3. The van der Waals surface area contributed by atoms with Gasteiger partial charge in [0.2, 0.25) is 5.90 Å². The highest BCUT2D eigenvalue weighted by Crippen LogP contribution is 2.29. The average Bonchev–Trinajstić information content (AvgIpc) is 2.50. The van der Waals surface area contributed by atoms with Crippen LogP contribution in [-0.2, 0) is 14.3 Å². The Labute approximate surface area is 137 Å². The van der Waals surface area contributed by atoms with Crippen molar-refractivity contribution in [3.63, 3.8) is 0 Å². The lowest BCUT2D eigenvalue weighted by Gasteiger charge is -2.33. The fourth-order valence-electron chi connectivity index (χ4n) is 2.51. The summed E-state index contributed by atoms with van der Waals surface area (Å²) in [5.74, 6) is -1.41. The smallest absolute Gasteiger partial charge is 0.323 e. The Balaban J connectivity index is 1.93. The highest BCUT2D eigenvalue weighted by molar-refractivity contribution is 6.66. The second-order valence-corrected chi connectivity index (χ2v) is 5.74. The zero-order chi connectivity index (χ0) is 16.6. The van der Waals surface area contributed by atoms with Gasteiger partial charge in [-0.3, -0.25) is 14.6 Å².